The SMILES string of the molecule is O=C(Cl)C1CCCN(C(=O)OCC2c3ccccc3-c3ccccc32)C1. The number of carbonyl (C=O) groups excluding carboxylic acids is 2. The van der Waals surface area contributed by atoms with Crippen LogP contribution in [0.2, 0.25) is 0 Å². The molecule has 1 heterocycles. The predicted molar refractivity (Wildman–Crippen MR) is 100 cm³/mol. The lowest BCUT2D eigenvalue weighted by molar-refractivity contribution is -0.116. The van der Waals surface area contributed by atoms with Gasteiger partial charge in [0, 0.05) is 19.0 Å². The van der Waals surface area contributed by atoms with E-state index in [4.69, 9.17) is 16.3 Å². The predicted octanol–water partition coefficient (Wildman–Crippen LogP) is 4.41. The minimum absolute atomic E-state index is 0.0431. The molecule has 0 N–H and O–H groups in total. The third kappa shape index (κ3) is 3.10. The van der Waals surface area contributed by atoms with Crippen LogP contribution in [-0.2, 0) is 9.53 Å². The first-order chi connectivity index (χ1) is 12.6. The van der Waals surface area contributed by atoms with Crippen LogP contribution >= 0.6 is 11.6 Å². The van der Waals surface area contributed by atoms with Crippen LogP contribution in [0.4, 0.5) is 4.79 Å². The molecule has 2 aromatic carbocycles. The Morgan fingerprint density at radius 1 is 1.04 bits per heavy atom. The Labute approximate surface area is 157 Å². The summed E-state index contributed by atoms with van der Waals surface area (Å²) >= 11 is 5.60. The second-order valence-corrected chi connectivity index (χ2v) is 7.27. The van der Waals surface area contributed by atoms with Crippen molar-refractivity contribution in [1.29, 1.82) is 0 Å². The Balaban J connectivity index is 1.48. The van der Waals surface area contributed by atoms with Crippen molar-refractivity contribution in [2.24, 2.45) is 5.92 Å². The summed E-state index contributed by atoms with van der Waals surface area (Å²) in [6.45, 7) is 1.25. The number of rotatable bonds is 3. The quantitative estimate of drug-likeness (QED) is 0.753. The molecule has 0 bridgehead atoms. The van der Waals surface area contributed by atoms with E-state index in [9.17, 15) is 9.59 Å². The van der Waals surface area contributed by atoms with E-state index in [2.05, 4.69) is 24.3 Å². The van der Waals surface area contributed by atoms with Crippen molar-refractivity contribution >= 4 is 22.9 Å². The van der Waals surface area contributed by atoms with Gasteiger partial charge in [0.15, 0.2) is 0 Å². The van der Waals surface area contributed by atoms with Crippen LogP contribution in [0, 0.1) is 5.92 Å². The standard InChI is InChI=1S/C21H20ClNO3/c22-20(24)14-6-5-11-23(12-14)21(25)26-13-19-17-9-3-1-7-15(17)16-8-2-4-10-18(16)19/h1-4,7-10,14,19H,5-6,11-13H2. The molecular formula is C21H20ClNO3. The Bertz CT molecular complexity index is 805. The van der Waals surface area contributed by atoms with Crippen LogP contribution in [-0.4, -0.2) is 35.9 Å². The summed E-state index contributed by atoms with van der Waals surface area (Å²) in [5.74, 6) is -0.243. The highest BCUT2D eigenvalue weighted by molar-refractivity contribution is 6.64. The summed E-state index contributed by atoms with van der Waals surface area (Å²) in [6, 6.07) is 16.5. The zero-order valence-electron chi connectivity index (χ0n) is 14.4. The number of benzene rings is 2. The van der Waals surface area contributed by atoms with E-state index in [1.807, 2.05) is 24.3 Å². The van der Waals surface area contributed by atoms with Gasteiger partial charge < -0.3 is 9.64 Å². The first-order valence-corrected chi connectivity index (χ1v) is 9.32. The molecule has 2 aromatic rings. The number of carbonyl (C=O) groups is 2. The number of ether oxygens (including phenoxy) is 1. The monoisotopic (exact) mass is 369 g/mol. The van der Waals surface area contributed by atoms with Gasteiger partial charge in [-0.15, -0.1) is 0 Å². The van der Waals surface area contributed by atoms with Gasteiger partial charge in [-0.2, -0.15) is 0 Å². The first kappa shape index (κ1) is 17.1. The van der Waals surface area contributed by atoms with Gasteiger partial charge in [0.05, 0.1) is 5.92 Å². The van der Waals surface area contributed by atoms with Gasteiger partial charge in [0.2, 0.25) is 5.24 Å². The molecule has 1 unspecified atom stereocenters. The average Bonchev–Trinajstić information content (AvgIpc) is 3.00. The van der Waals surface area contributed by atoms with Crippen molar-refractivity contribution in [2.75, 3.05) is 19.7 Å². The molecule has 1 fully saturated rings. The fourth-order valence-corrected chi connectivity index (χ4v) is 4.19. The molecular weight excluding hydrogens is 350 g/mol. The maximum Gasteiger partial charge on any atom is 0.409 e. The Kier molecular flexibility index (Phi) is 4.68. The number of amides is 1. The van der Waals surface area contributed by atoms with E-state index in [0.29, 0.717) is 19.7 Å². The zero-order chi connectivity index (χ0) is 18.1. The Hall–Kier alpha value is -2.33. The van der Waals surface area contributed by atoms with E-state index in [1.54, 1.807) is 4.90 Å². The topological polar surface area (TPSA) is 46.6 Å². The van der Waals surface area contributed by atoms with Gasteiger partial charge in [-0.1, -0.05) is 48.5 Å². The van der Waals surface area contributed by atoms with Gasteiger partial charge in [-0.3, -0.25) is 4.79 Å². The van der Waals surface area contributed by atoms with Gasteiger partial charge in [0.25, 0.3) is 0 Å². The number of piperidine rings is 1. The Morgan fingerprint density at radius 2 is 1.65 bits per heavy atom. The van der Waals surface area contributed by atoms with E-state index >= 15 is 0 Å². The lowest BCUT2D eigenvalue weighted by Crippen LogP contribution is -2.42. The third-order valence-corrected chi connectivity index (χ3v) is 5.65. The molecule has 0 spiro atoms. The average molecular weight is 370 g/mol. The van der Waals surface area contributed by atoms with Crippen LogP contribution in [0.1, 0.15) is 29.9 Å². The lowest BCUT2D eigenvalue weighted by atomic mass is 9.98. The highest BCUT2D eigenvalue weighted by atomic mass is 35.5. The maximum atomic E-state index is 12.5. The smallest absolute Gasteiger partial charge is 0.409 e. The number of hydrogen-bond acceptors (Lipinski definition) is 3. The maximum absolute atomic E-state index is 12.5. The number of halogens is 1. The summed E-state index contributed by atoms with van der Waals surface area (Å²) in [7, 11) is 0. The minimum Gasteiger partial charge on any atom is -0.448 e. The molecule has 0 aromatic heterocycles. The van der Waals surface area contributed by atoms with Crippen molar-refractivity contribution < 1.29 is 14.3 Å². The molecule has 4 nitrogen and oxygen atoms in total. The van der Waals surface area contributed by atoms with E-state index < -0.39 is 0 Å². The molecule has 1 aliphatic heterocycles. The molecule has 4 rings (SSSR count). The van der Waals surface area contributed by atoms with E-state index in [0.717, 1.165) is 12.8 Å². The van der Waals surface area contributed by atoms with Crippen molar-refractivity contribution in [3.8, 4) is 11.1 Å². The second kappa shape index (κ2) is 7.12. The molecule has 2 aliphatic rings. The van der Waals surface area contributed by atoms with Crippen LogP contribution in [0.15, 0.2) is 48.5 Å². The van der Waals surface area contributed by atoms with Crippen molar-refractivity contribution in [2.45, 2.75) is 18.8 Å². The highest BCUT2D eigenvalue weighted by Gasteiger charge is 2.31. The number of nitrogens with zero attached hydrogens (tertiary/aromatic N) is 1. The normalized spacial score (nSPS) is 19.0. The van der Waals surface area contributed by atoms with Gasteiger partial charge in [-0.25, -0.2) is 4.79 Å². The summed E-state index contributed by atoms with van der Waals surface area (Å²) in [5, 5.41) is -0.374. The van der Waals surface area contributed by atoms with Gasteiger partial charge >= 0.3 is 6.09 Å². The van der Waals surface area contributed by atoms with Gasteiger partial charge in [-0.05, 0) is 46.7 Å². The molecule has 26 heavy (non-hydrogen) atoms. The molecule has 1 saturated heterocycles. The lowest BCUT2D eigenvalue weighted by Gasteiger charge is -2.30. The van der Waals surface area contributed by atoms with Crippen LogP contribution in [0.3, 0.4) is 0 Å². The molecule has 134 valence electrons. The minimum atomic E-state index is -0.374. The van der Waals surface area contributed by atoms with Crippen LogP contribution < -0.4 is 0 Å². The summed E-state index contributed by atoms with van der Waals surface area (Å²) < 4.78 is 5.64. The van der Waals surface area contributed by atoms with Crippen molar-refractivity contribution in [1.82, 2.24) is 4.90 Å². The molecule has 0 saturated carbocycles. The molecule has 1 amide bonds. The van der Waals surface area contributed by atoms with Crippen molar-refractivity contribution in [3.05, 3.63) is 59.7 Å². The fraction of sp³-hybridized carbons (Fsp3) is 0.333. The molecule has 5 heteroatoms. The molecule has 1 aliphatic carbocycles. The van der Waals surface area contributed by atoms with E-state index in [-0.39, 0.29) is 23.2 Å². The number of hydrogen-bond donors (Lipinski definition) is 0. The summed E-state index contributed by atoms with van der Waals surface area (Å²) in [5.41, 5.74) is 4.78. The third-order valence-electron chi connectivity index (χ3n) is 5.34. The molecule has 0 radical (unpaired) electrons. The van der Waals surface area contributed by atoms with E-state index in [1.165, 1.54) is 22.3 Å². The van der Waals surface area contributed by atoms with Gasteiger partial charge in [0.1, 0.15) is 6.61 Å². The van der Waals surface area contributed by atoms with Crippen LogP contribution in [0.5, 0.6) is 0 Å². The summed E-state index contributed by atoms with van der Waals surface area (Å²) in [4.78, 5) is 25.5. The van der Waals surface area contributed by atoms with Crippen molar-refractivity contribution in [3.63, 3.8) is 0 Å². The fourth-order valence-electron chi connectivity index (χ4n) is 4.01. The second-order valence-electron chi connectivity index (χ2n) is 6.89. The largest absolute Gasteiger partial charge is 0.448 e. The highest BCUT2D eigenvalue weighted by Crippen LogP contribution is 2.44. The number of likely N-dealkylation sites (tertiary alicyclic amines) is 1. The zero-order valence-corrected chi connectivity index (χ0v) is 15.1. The van der Waals surface area contributed by atoms with Crippen LogP contribution in [0.25, 0.3) is 11.1 Å². The number of fused-ring (bicyclic) bond motifs is 3. The summed E-state index contributed by atoms with van der Waals surface area (Å²) in [6.07, 6.45) is 1.14. The Morgan fingerprint density at radius 3 is 2.27 bits per heavy atom. The first-order valence-electron chi connectivity index (χ1n) is 8.94. The molecule has 1 atom stereocenters.